The lowest BCUT2D eigenvalue weighted by Gasteiger charge is -2.30. The maximum absolute atomic E-state index is 12.0. The van der Waals surface area contributed by atoms with Crippen molar-refractivity contribution in [1.82, 2.24) is 4.90 Å². The number of hydrogen-bond donors (Lipinski definition) is 0. The maximum Gasteiger partial charge on any atom is 0.176 e. The summed E-state index contributed by atoms with van der Waals surface area (Å²) in [5.41, 5.74) is 0.716. The Hall–Kier alpha value is -0.900. The maximum atomic E-state index is 12.0. The smallest absolute Gasteiger partial charge is 0.176 e. The zero-order chi connectivity index (χ0) is 12.3. The molecular formula is C13H16ClNO2. The highest BCUT2D eigenvalue weighted by atomic mass is 35.5. The zero-order valence-electron chi connectivity index (χ0n) is 9.86. The second kappa shape index (κ2) is 5.63. The third-order valence-corrected chi connectivity index (χ3v) is 3.11. The fourth-order valence-electron chi connectivity index (χ4n) is 1.96. The van der Waals surface area contributed by atoms with E-state index in [0.717, 1.165) is 13.1 Å². The Labute approximate surface area is 106 Å². The van der Waals surface area contributed by atoms with E-state index in [9.17, 15) is 4.79 Å². The molecule has 0 aromatic heterocycles. The highest BCUT2D eigenvalue weighted by Crippen LogP contribution is 2.11. The van der Waals surface area contributed by atoms with Gasteiger partial charge in [0.15, 0.2) is 5.78 Å². The molecule has 1 aliphatic rings. The number of nitrogens with zero attached hydrogens (tertiary/aromatic N) is 1. The molecule has 0 saturated carbocycles. The topological polar surface area (TPSA) is 29.5 Å². The molecule has 1 aromatic carbocycles. The van der Waals surface area contributed by atoms with Crippen LogP contribution >= 0.6 is 11.6 Å². The summed E-state index contributed by atoms with van der Waals surface area (Å²) in [5, 5.41) is 0.654. The summed E-state index contributed by atoms with van der Waals surface area (Å²) in [4.78, 5) is 14.1. The molecule has 0 aliphatic carbocycles. The van der Waals surface area contributed by atoms with Crippen molar-refractivity contribution in [2.24, 2.45) is 0 Å². The monoisotopic (exact) mass is 253 g/mol. The van der Waals surface area contributed by atoms with Gasteiger partial charge < -0.3 is 4.74 Å². The summed E-state index contributed by atoms with van der Waals surface area (Å²) < 4.78 is 5.44. The molecule has 17 heavy (non-hydrogen) atoms. The average molecular weight is 254 g/mol. The normalized spacial score (nSPS) is 21.4. The summed E-state index contributed by atoms with van der Waals surface area (Å²) in [6, 6.07) is 7.04. The van der Waals surface area contributed by atoms with Crippen LogP contribution in [0.1, 0.15) is 17.3 Å². The van der Waals surface area contributed by atoms with Crippen molar-refractivity contribution in [3.05, 3.63) is 34.9 Å². The van der Waals surface area contributed by atoms with Crippen LogP contribution in [0.4, 0.5) is 0 Å². The van der Waals surface area contributed by atoms with E-state index in [-0.39, 0.29) is 11.9 Å². The molecule has 1 aromatic rings. The highest BCUT2D eigenvalue weighted by molar-refractivity contribution is 6.30. The van der Waals surface area contributed by atoms with Gasteiger partial charge in [-0.3, -0.25) is 9.69 Å². The van der Waals surface area contributed by atoms with E-state index in [0.29, 0.717) is 23.7 Å². The number of carbonyl (C=O) groups excluding carboxylic acids is 1. The number of hydrogen-bond acceptors (Lipinski definition) is 3. The standard InChI is InChI=1S/C13H16ClNO2/c1-10-8-15(6-7-17-10)9-13(16)11-2-4-12(14)5-3-11/h2-5,10H,6-9H2,1H3/t10-/m0/s1. The second-order valence-corrected chi connectivity index (χ2v) is 4.78. The van der Waals surface area contributed by atoms with Crippen molar-refractivity contribution in [3.63, 3.8) is 0 Å². The first-order valence-corrected chi connectivity index (χ1v) is 6.15. The van der Waals surface area contributed by atoms with Gasteiger partial charge in [0.05, 0.1) is 19.3 Å². The summed E-state index contributed by atoms with van der Waals surface area (Å²) in [7, 11) is 0. The van der Waals surface area contributed by atoms with Crippen molar-refractivity contribution in [1.29, 1.82) is 0 Å². The molecule has 0 N–H and O–H groups in total. The Morgan fingerprint density at radius 3 is 2.82 bits per heavy atom. The van der Waals surface area contributed by atoms with Crippen molar-refractivity contribution in [2.45, 2.75) is 13.0 Å². The number of ether oxygens (including phenoxy) is 1. The summed E-state index contributed by atoms with van der Waals surface area (Å²) >= 11 is 5.79. The van der Waals surface area contributed by atoms with Gasteiger partial charge in [-0.2, -0.15) is 0 Å². The van der Waals surface area contributed by atoms with E-state index >= 15 is 0 Å². The van der Waals surface area contributed by atoms with Crippen LogP contribution < -0.4 is 0 Å². The van der Waals surface area contributed by atoms with E-state index in [1.165, 1.54) is 0 Å². The predicted molar refractivity (Wildman–Crippen MR) is 67.6 cm³/mol. The van der Waals surface area contributed by atoms with E-state index in [1.807, 2.05) is 6.92 Å². The first-order valence-electron chi connectivity index (χ1n) is 5.78. The van der Waals surface area contributed by atoms with E-state index in [2.05, 4.69) is 4.90 Å². The van der Waals surface area contributed by atoms with Crippen LogP contribution in [-0.4, -0.2) is 43.0 Å². The van der Waals surface area contributed by atoms with E-state index < -0.39 is 0 Å². The van der Waals surface area contributed by atoms with Gasteiger partial charge in [0, 0.05) is 23.7 Å². The molecular weight excluding hydrogens is 238 g/mol. The largest absolute Gasteiger partial charge is 0.376 e. The van der Waals surface area contributed by atoms with Crippen molar-refractivity contribution < 1.29 is 9.53 Å². The van der Waals surface area contributed by atoms with Crippen LogP contribution in [0, 0.1) is 0 Å². The van der Waals surface area contributed by atoms with Gasteiger partial charge in [0.1, 0.15) is 0 Å². The molecule has 0 amide bonds. The zero-order valence-corrected chi connectivity index (χ0v) is 10.6. The van der Waals surface area contributed by atoms with Crippen LogP contribution in [0.25, 0.3) is 0 Å². The number of Topliss-reactive ketones (excluding diaryl/α,β-unsaturated/α-hetero) is 1. The van der Waals surface area contributed by atoms with Crippen molar-refractivity contribution >= 4 is 17.4 Å². The first-order chi connectivity index (χ1) is 8.15. The Morgan fingerprint density at radius 1 is 1.47 bits per heavy atom. The quantitative estimate of drug-likeness (QED) is 0.774. The number of rotatable bonds is 3. The molecule has 92 valence electrons. The van der Waals surface area contributed by atoms with Gasteiger partial charge in [-0.1, -0.05) is 11.6 Å². The minimum atomic E-state index is 0.135. The molecule has 0 unspecified atom stereocenters. The lowest BCUT2D eigenvalue weighted by molar-refractivity contribution is -0.0158. The summed E-state index contributed by atoms with van der Waals surface area (Å²) in [5.74, 6) is 0.135. The molecule has 3 nitrogen and oxygen atoms in total. The van der Waals surface area contributed by atoms with Crippen LogP contribution in [0.3, 0.4) is 0 Å². The first kappa shape index (κ1) is 12.6. The molecule has 1 atom stereocenters. The van der Waals surface area contributed by atoms with Crippen molar-refractivity contribution in [2.75, 3.05) is 26.2 Å². The van der Waals surface area contributed by atoms with Crippen LogP contribution in [0.2, 0.25) is 5.02 Å². The van der Waals surface area contributed by atoms with E-state index in [4.69, 9.17) is 16.3 Å². The minimum absolute atomic E-state index is 0.135. The third-order valence-electron chi connectivity index (χ3n) is 2.86. The fraction of sp³-hybridized carbons (Fsp3) is 0.462. The third kappa shape index (κ3) is 3.53. The summed E-state index contributed by atoms with van der Waals surface area (Å²) in [6.07, 6.45) is 0.210. The SMILES string of the molecule is C[C@H]1CN(CC(=O)c2ccc(Cl)cc2)CCO1. The molecule has 1 fully saturated rings. The molecule has 0 radical (unpaired) electrons. The minimum Gasteiger partial charge on any atom is -0.376 e. The van der Waals surface area contributed by atoms with Gasteiger partial charge in [-0.15, -0.1) is 0 Å². The van der Waals surface area contributed by atoms with Gasteiger partial charge in [-0.05, 0) is 31.2 Å². The Bertz CT molecular complexity index is 391. The molecule has 1 saturated heterocycles. The van der Waals surface area contributed by atoms with Crippen LogP contribution in [0.15, 0.2) is 24.3 Å². The van der Waals surface area contributed by atoms with Crippen molar-refractivity contribution in [3.8, 4) is 0 Å². The van der Waals surface area contributed by atoms with Crippen LogP contribution in [-0.2, 0) is 4.74 Å². The fourth-order valence-corrected chi connectivity index (χ4v) is 2.09. The molecule has 1 aliphatic heterocycles. The number of halogens is 1. The number of morpholine rings is 1. The van der Waals surface area contributed by atoms with Gasteiger partial charge >= 0.3 is 0 Å². The lowest BCUT2D eigenvalue weighted by atomic mass is 10.1. The molecule has 2 rings (SSSR count). The van der Waals surface area contributed by atoms with E-state index in [1.54, 1.807) is 24.3 Å². The molecule has 0 bridgehead atoms. The Morgan fingerprint density at radius 2 is 2.18 bits per heavy atom. The number of carbonyl (C=O) groups is 1. The average Bonchev–Trinajstić information content (AvgIpc) is 2.29. The summed E-state index contributed by atoms with van der Waals surface area (Å²) in [6.45, 7) is 4.83. The van der Waals surface area contributed by atoms with Crippen LogP contribution in [0.5, 0.6) is 0 Å². The Kier molecular flexibility index (Phi) is 4.15. The predicted octanol–water partition coefficient (Wildman–Crippen LogP) is 2.24. The molecule has 0 spiro atoms. The number of benzene rings is 1. The van der Waals surface area contributed by atoms with Gasteiger partial charge in [0.2, 0.25) is 0 Å². The van der Waals surface area contributed by atoms with Gasteiger partial charge in [-0.25, -0.2) is 0 Å². The molecule has 1 heterocycles. The number of ketones is 1. The molecule has 4 heteroatoms. The van der Waals surface area contributed by atoms with Gasteiger partial charge in [0.25, 0.3) is 0 Å². The lowest BCUT2D eigenvalue weighted by Crippen LogP contribution is -2.43. The highest BCUT2D eigenvalue weighted by Gasteiger charge is 2.19. The second-order valence-electron chi connectivity index (χ2n) is 4.35. The Balaban J connectivity index is 1.94.